The number of piperidine rings is 1. The van der Waals surface area contributed by atoms with E-state index in [4.69, 9.17) is 7.85 Å². The molecule has 1 aliphatic heterocycles. The molecule has 2 radical (unpaired) electrons. The van der Waals surface area contributed by atoms with Crippen LogP contribution >= 0.6 is 0 Å². The van der Waals surface area contributed by atoms with Crippen LogP contribution in [-0.4, -0.2) is 57.5 Å². The number of rotatable bonds is 5. The highest BCUT2D eigenvalue weighted by molar-refractivity contribution is 6.36. The molecule has 2 aliphatic rings. The van der Waals surface area contributed by atoms with Gasteiger partial charge >= 0.3 is 0 Å². The number of para-hydroxylation sites is 1. The van der Waals surface area contributed by atoms with E-state index in [1.165, 1.54) is 6.42 Å². The molecule has 7 nitrogen and oxygen atoms in total. The van der Waals surface area contributed by atoms with Crippen molar-refractivity contribution in [3.63, 3.8) is 0 Å². The third-order valence-electron chi connectivity index (χ3n) is 8.26. The summed E-state index contributed by atoms with van der Waals surface area (Å²) in [6.07, 6.45) is 8.53. The number of benzene rings is 2. The highest BCUT2D eigenvalue weighted by Gasteiger charge is 2.44. The topological polar surface area (TPSA) is 82.8 Å². The van der Waals surface area contributed by atoms with E-state index in [0.717, 1.165) is 49.9 Å². The van der Waals surface area contributed by atoms with Gasteiger partial charge in [0.2, 0.25) is 5.91 Å². The van der Waals surface area contributed by atoms with Crippen LogP contribution in [0.4, 0.5) is 5.82 Å². The number of amides is 1. The first-order valence-electron chi connectivity index (χ1n) is 13.6. The summed E-state index contributed by atoms with van der Waals surface area (Å²) in [4.78, 5) is 20.7. The number of phenolic OH excluding ortho intramolecular Hbond substituents is 1. The lowest BCUT2D eigenvalue weighted by Crippen LogP contribution is -2.51. The van der Waals surface area contributed by atoms with E-state index in [2.05, 4.69) is 44.6 Å². The van der Waals surface area contributed by atoms with E-state index in [1.807, 2.05) is 24.3 Å². The lowest BCUT2D eigenvalue weighted by molar-refractivity contribution is -0.139. The summed E-state index contributed by atoms with van der Waals surface area (Å²) in [7, 11) is 6.17. The molecule has 2 aromatic heterocycles. The first-order valence-corrected chi connectivity index (χ1v) is 13.6. The van der Waals surface area contributed by atoms with E-state index in [-0.39, 0.29) is 17.7 Å². The van der Waals surface area contributed by atoms with Crippen LogP contribution in [0.1, 0.15) is 50.5 Å². The van der Waals surface area contributed by atoms with Crippen molar-refractivity contribution in [2.45, 2.75) is 56.4 Å². The molecule has 3 heterocycles. The van der Waals surface area contributed by atoms with Crippen molar-refractivity contribution in [1.29, 1.82) is 0 Å². The second kappa shape index (κ2) is 10.2. The number of carbonyl (C=O) groups excluding carboxylic acids is 1. The number of aromatic nitrogens is 3. The number of hydrogen-bond acceptors (Lipinski definition) is 5. The Morgan fingerprint density at radius 3 is 2.45 bits per heavy atom. The molecule has 38 heavy (non-hydrogen) atoms. The summed E-state index contributed by atoms with van der Waals surface area (Å²) in [6.45, 7) is 1.43. The average molecular weight is 505 g/mol. The van der Waals surface area contributed by atoms with Crippen molar-refractivity contribution in [1.82, 2.24) is 19.5 Å². The Morgan fingerprint density at radius 1 is 1.00 bits per heavy atom. The molecule has 2 aromatic carbocycles. The zero-order valence-electron chi connectivity index (χ0n) is 21.5. The summed E-state index contributed by atoms with van der Waals surface area (Å²) >= 11 is 0. The molecule has 1 saturated heterocycles. The monoisotopic (exact) mass is 505 g/mol. The first-order chi connectivity index (χ1) is 18.5. The minimum Gasteiger partial charge on any atom is -0.507 e. The SMILES string of the molecule is [B]c1cnn2c(NC3CCN(C(=O)C4(c5ccccc5)CCCCC4)CC3)cc(-c3ccccc3O)nc12. The lowest BCUT2D eigenvalue weighted by Gasteiger charge is -2.42. The standard InChI is InChI=1S/C30H32BN5O2/c31-24-20-32-36-27(19-25(34-28(24)36)23-11-5-6-12-26(23)37)33-22-13-17-35(18-14-22)29(38)30(15-7-2-8-16-30)21-9-3-1-4-10-21/h1,3-6,9-12,19-20,22,33,37H,2,7-8,13-18H2. The Kier molecular flexibility index (Phi) is 6.56. The van der Waals surface area contributed by atoms with Gasteiger partial charge in [-0.2, -0.15) is 9.61 Å². The van der Waals surface area contributed by atoms with Gasteiger partial charge in [-0.15, -0.1) is 0 Å². The van der Waals surface area contributed by atoms with E-state index in [0.29, 0.717) is 35.5 Å². The van der Waals surface area contributed by atoms with Gasteiger partial charge in [-0.3, -0.25) is 4.79 Å². The van der Waals surface area contributed by atoms with Crippen molar-refractivity contribution in [2.75, 3.05) is 18.4 Å². The number of likely N-dealkylation sites (tertiary alicyclic amines) is 1. The van der Waals surface area contributed by atoms with Crippen molar-refractivity contribution in [3.8, 4) is 17.0 Å². The predicted octanol–water partition coefficient (Wildman–Crippen LogP) is 4.20. The molecule has 192 valence electrons. The van der Waals surface area contributed by atoms with E-state index < -0.39 is 5.41 Å². The van der Waals surface area contributed by atoms with Gasteiger partial charge in [0.1, 0.15) is 19.4 Å². The molecule has 2 fully saturated rings. The number of fused-ring (bicyclic) bond motifs is 1. The number of phenols is 1. The molecule has 0 atom stereocenters. The number of hydrogen-bond donors (Lipinski definition) is 2. The van der Waals surface area contributed by atoms with Crippen molar-refractivity contribution in [2.24, 2.45) is 0 Å². The van der Waals surface area contributed by atoms with Gasteiger partial charge in [0.15, 0.2) is 5.65 Å². The maximum atomic E-state index is 14.0. The van der Waals surface area contributed by atoms with Crippen LogP contribution in [0.15, 0.2) is 66.9 Å². The third kappa shape index (κ3) is 4.42. The second-order valence-electron chi connectivity index (χ2n) is 10.6. The zero-order chi connectivity index (χ0) is 26.1. The van der Waals surface area contributed by atoms with E-state index >= 15 is 0 Å². The van der Waals surface area contributed by atoms with Gasteiger partial charge < -0.3 is 15.3 Å². The number of carbonyl (C=O) groups is 1. The third-order valence-corrected chi connectivity index (χ3v) is 8.26. The zero-order valence-corrected chi connectivity index (χ0v) is 21.5. The maximum absolute atomic E-state index is 14.0. The molecule has 1 amide bonds. The predicted molar refractivity (Wildman–Crippen MR) is 150 cm³/mol. The second-order valence-corrected chi connectivity index (χ2v) is 10.6. The van der Waals surface area contributed by atoms with Crippen molar-refractivity contribution < 1.29 is 9.90 Å². The van der Waals surface area contributed by atoms with Crippen LogP contribution in [0.25, 0.3) is 16.9 Å². The minimum absolute atomic E-state index is 0.162. The quantitative estimate of drug-likeness (QED) is 0.398. The van der Waals surface area contributed by atoms with E-state index in [1.54, 1.807) is 22.8 Å². The Hall–Kier alpha value is -3.81. The Bertz CT molecular complexity index is 1440. The Labute approximate surface area is 224 Å². The Balaban J connectivity index is 1.21. The van der Waals surface area contributed by atoms with Gasteiger partial charge in [-0.05, 0) is 48.8 Å². The maximum Gasteiger partial charge on any atom is 0.233 e. The first kappa shape index (κ1) is 24.5. The molecular weight excluding hydrogens is 473 g/mol. The molecule has 6 rings (SSSR count). The number of nitrogens with zero attached hydrogens (tertiary/aromatic N) is 4. The molecule has 4 aromatic rings. The number of nitrogens with one attached hydrogen (secondary N) is 1. The molecular formula is C30H32BN5O2. The fourth-order valence-corrected chi connectivity index (χ4v) is 6.19. The number of aromatic hydroxyl groups is 1. The highest BCUT2D eigenvalue weighted by atomic mass is 16.3. The highest BCUT2D eigenvalue weighted by Crippen LogP contribution is 2.41. The van der Waals surface area contributed by atoms with Gasteiger partial charge in [0.05, 0.1) is 11.1 Å². The molecule has 0 bridgehead atoms. The summed E-state index contributed by atoms with van der Waals surface area (Å²) in [5.41, 5.74) is 3.05. The van der Waals surface area contributed by atoms with Gasteiger partial charge in [-0.25, -0.2) is 4.98 Å². The molecule has 1 saturated carbocycles. The van der Waals surface area contributed by atoms with E-state index in [9.17, 15) is 9.90 Å². The number of anilines is 1. The van der Waals surface area contributed by atoms with Crippen molar-refractivity contribution >= 4 is 30.7 Å². The summed E-state index contributed by atoms with van der Waals surface area (Å²) in [5.74, 6) is 1.22. The van der Waals surface area contributed by atoms with Gasteiger partial charge in [-0.1, -0.05) is 61.7 Å². The van der Waals surface area contributed by atoms with Gasteiger partial charge in [0.25, 0.3) is 0 Å². The van der Waals surface area contributed by atoms with Crippen LogP contribution in [0.5, 0.6) is 5.75 Å². The minimum atomic E-state index is -0.393. The fraction of sp³-hybridized carbons (Fsp3) is 0.367. The smallest absolute Gasteiger partial charge is 0.233 e. The average Bonchev–Trinajstić information content (AvgIpc) is 3.35. The molecule has 8 heteroatoms. The molecule has 2 N–H and O–H groups in total. The van der Waals surface area contributed by atoms with Gasteiger partial charge in [0, 0.05) is 37.0 Å². The molecule has 1 aliphatic carbocycles. The summed E-state index contributed by atoms with van der Waals surface area (Å²) in [6, 6.07) is 19.6. The summed E-state index contributed by atoms with van der Waals surface area (Å²) < 4.78 is 1.71. The van der Waals surface area contributed by atoms with Crippen LogP contribution in [0, 0.1) is 0 Å². The lowest BCUT2D eigenvalue weighted by atomic mass is 9.68. The van der Waals surface area contributed by atoms with Crippen LogP contribution < -0.4 is 10.8 Å². The summed E-state index contributed by atoms with van der Waals surface area (Å²) in [5, 5.41) is 18.5. The van der Waals surface area contributed by atoms with Crippen molar-refractivity contribution in [3.05, 3.63) is 72.4 Å². The Morgan fingerprint density at radius 2 is 1.71 bits per heavy atom. The van der Waals surface area contributed by atoms with Crippen LogP contribution in [0.2, 0.25) is 0 Å². The molecule has 0 unspecified atom stereocenters. The fourth-order valence-electron chi connectivity index (χ4n) is 6.19. The largest absolute Gasteiger partial charge is 0.507 e. The van der Waals surface area contributed by atoms with Crippen LogP contribution in [-0.2, 0) is 10.2 Å². The molecule has 0 spiro atoms. The van der Waals surface area contributed by atoms with Crippen LogP contribution in [0.3, 0.4) is 0 Å². The normalized spacial score (nSPS) is 17.9.